The van der Waals surface area contributed by atoms with Crippen molar-refractivity contribution in [1.29, 1.82) is 0 Å². The summed E-state index contributed by atoms with van der Waals surface area (Å²) in [5, 5.41) is 9.49. The Morgan fingerprint density at radius 3 is 2.75 bits per heavy atom. The van der Waals surface area contributed by atoms with Crippen LogP contribution in [0, 0.1) is 6.92 Å². The molecule has 0 saturated heterocycles. The lowest BCUT2D eigenvalue weighted by molar-refractivity contribution is 0.0699. The molecule has 0 spiro atoms. The molecule has 0 radical (unpaired) electrons. The van der Waals surface area contributed by atoms with Crippen LogP contribution in [0.25, 0.3) is 10.2 Å². The average molecular weight is 237 g/mol. The predicted octanol–water partition coefficient (Wildman–Crippen LogP) is 0.797. The molecule has 0 fully saturated rings. The lowest BCUT2D eigenvalue weighted by Crippen LogP contribution is -2.14. The van der Waals surface area contributed by atoms with Gasteiger partial charge < -0.3 is 10.8 Å². The van der Waals surface area contributed by atoms with Crippen molar-refractivity contribution in [2.45, 2.75) is 6.92 Å². The van der Waals surface area contributed by atoms with Gasteiger partial charge in [-0.05, 0) is 24.5 Å². The highest BCUT2D eigenvalue weighted by Gasteiger charge is 2.17. The Morgan fingerprint density at radius 2 is 2.19 bits per heavy atom. The van der Waals surface area contributed by atoms with Gasteiger partial charge in [-0.2, -0.15) is 4.37 Å². The smallest absolute Gasteiger partial charge is 0.336 e. The van der Waals surface area contributed by atoms with Gasteiger partial charge in [0.25, 0.3) is 5.91 Å². The number of aromatic carboxylic acids is 1. The van der Waals surface area contributed by atoms with Crippen molar-refractivity contribution in [2.24, 2.45) is 5.73 Å². The van der Waals surface area contributed by atoms with Crippen LogP contribution in [-0.2, 0) is 0 Å². The van der Waals surface area contributed by atoms with Gasteiger partial charge in [0.05, 0.1) is 11.3 Å². The van der Waals surface area contributed by atoms with E-state index in [1.165, 1.54) is 6.07 Å². The highest BCUT2D eigenvalue weighted by molar-refractivity contribution is 7.13. The number of pyridine rings is 1. The topological polar surface area (TPSA) is 106 Å². The molecule has 0 atom stereocenters. The molecule has 0 aromatic carbocycles. The van der Waals surface area contributed by atoms with Gasteiger partial charge in [-0.3, -0.25) is 4.79 Å². The third kappa shape index (κ3) is 1.50. The Hall–Kier alpha value is -2.02. The van der Waals surface area contributed by atoms with E-state index in [0.717, 1.165) is 11.5 Å². The summed E-state index contributed by atoms with van der Waals surface area (Å²) in [5.74, 6) is -1.88. The summed E-state index contributed by atoms with van der Waals surface area (Å²) in [7, 11) is 0. The van der Waals surface area contributed by atoms with E-state index in [2.05, 4.69) is 9.36 Å². The minimum atomic E-state index is -1.13. The number of nitrogens with two attached hydrogens (primary N) is 1. The van der Waals surface area contributed by atoms with Gasteiger partial charge in [0, 0.05) is 5.39 Å². The molecule has 2 aromatic heterocycles. The Labute approximate surface area is 93.9 Å². The molecule has 16 heavy (non-hydrogen) atoms. The number of primary amides is 1. The first-order valence-electron chi connectivity index (χ1n) is 4.31. The third-order valence-corrected chi connectivity index (χ3v) is 2.93. The molecule has 3 N–H and O–H groups in total. The van der Waals surface area contributed by atoms with Crippen LogP contribution in [0.5, 0.6) is 0 Å². The molecule has 6 nitrogen and oxygen atoms in total. The van der Waals surface area contributed by atoms with Crippen LogP contribution in [-0.4, -0.2) is 26.3 Å². The lowest BCUT2D eigenvalue weighted by Gasteiger charge is -2.00. The number of hydrogen-bond donors (Lipinski definition) is 2. The van der Waals surface area contributed by atoms with Gasteiger partial charge >= 0.3 is 5.97 Å². The van der Waals surface area contributed by atoms with Crippen LogP contribution in [0.4, 0.5) is 0 Å². The van der Waals surface area contributed by atoms with Crippen LogP contribution < -0.4 is 5.73 Å². The molecule has 0 aliphatic rings. The number of carbonyl (C=O) groups excluding carboxylic acids is 1. The summed E-state index contributed by atoms with van der Waals surface area (Å²) < 4.78 is 4.00. The minimum absolute atomic E-state index is 0.00468. The average Bonchev–Trinajstić information content (AvgIpc) is 2.59. The zero-order valence-corrected chi connectivity index (χ0v) is 9.04. The van der Waals surface area contributed by atoms with E-state index < -0.39 is 11.9 Å². The van der Waals surface area contributed by atoms with E-state index in [-0.39, 0.29) is 11.3 Å². The monoisotopic (exact) mass is 237 g/mol. The lowest BCUT2D eigenvalue weighted by atomic mass is 10.1. The molecule has 2 aromatic rings. The second-order valence-electron chi connectivity index (χ2n) is 3.17. The number of aryl methyl sites for hydroxylation is 1. The zero-order valence-electron chi connectivity index (χ0n) is 8.22. The molecule has 0 saturated carbocycles. The number of amides is 1. The number of nitrogens with zero attached hydrogens (tertiary/aromatic N) is 2. The summed E-state index contributed by atoms with van der Waals surface area (Å²) in [6.45, 7) is 1.69. The van der Waals surface area contributed by atoms with Crippen molar-refractivity contribution >= 4 is 33.6 Å². The van der Waals surface area contributed by atoms with E-state index in [1.807, 2.05) is 0 Å². The second-order valence-corrected chi connectivity index (χ2v) is 3.92. The number of rotatable bonds is 2. The van der Waals surface area contributed by atoms with Gasteiger partial charge in [-0.15, -0.1) is 0 Å². The number of carboxylic acid groups (broad SMARTS) is 1. The SMILES string of the molecule is Cc1nsc2nc(C(N)=O)cc(C(=O)O)c12. The van der Waals surface area contributed by atoms with Gasteiger partial charge in [-0.25, -0.2) is 9.78 Å². The molecule has 0 aliphatic heterocycles. The largest absolute Gasteiger partial charge is 0.478 e. The Morgan fingerprint density at radius 1 is 1.50 bits per heavy atom. The van der Waals surface area contributed by atoms with E-state index in [9.17, 15) is 9.59 Å². The van der Waals surface area contributed by atoms with Crippen LogP contribution in [0.3, 0.4) is 0 Å². The zero-order chi connectivity index (χ0) is 11.9. The Balaban J connectivity index is 2.86. The fourth-order valence-corrected chi connectivity index (χ4v) is 2.19. The van der Waals surface area contributed by atoms with Gasteiger partial charge in [0.1, 0.15) is 10.5 Å². The van der Waals surface area contributed by atoms with Crippen molar-refractivity contribution in [2.75, 3.05) is 0 Å². The Bertz CT molecular complexity index is 605. The quantitative estimate of drug-likeness (QED) is 0.803. The molecule has 2 heterocycles. The summed E-state index contributed by atoms with van der Waals surface area (Å²) >= 11 is 1.04. The number of fused-ring (bicyclic) bond motifs is 1. The van der Waals surface area contributed by atoms with Gasteiger partial charge in [0.2, 0.25) is 0 Å². The first-order chi connectivity index (χ1) is 7.50. The number of aromatic nitrogens is 2. The molecule has 0 unspecified atom stereocenters. The van der Waals surface area contributed by atoms with Crippen molar-refractivity contribution in [3.8, 4) is 0 Å². The van der Waals surface area contributed by atoms with E-state index in [4.69, 9.17) is 10.8 Å². The maximum atomic E-state index is 11.0. The van der Waals surface area contributed by atoms with Crippen molar-refractivity contribution in [1.82, 2.24) is 9.36 Å². The summed E-state index contributed by atoms with van der Waals surface area (Å²) in [5.41, 5.74) is 5.60. The van der Waals surface area contributed by atoms with Crippen LogP contribution in [0.1, 0.15) is 26.5 Å². The predicted molar refractivity (Wildman–Crippen MR) is 57.6 cm³/mol. The third-order valence-electron chi connectivity index (χ3n) is 2.10. The summed E-state index contributed by atoms with van der Waals surface area (Å²) in [6, 6.07) is 1.17. The molecule has 82 valence electrons. The fourth-order valence-electron chi connectivity index (χ4n) is 1.39. The van der Waals surface area contributed by atoms with Crippen molar-refractivity contribution < 1.29 is 14.7 Å². The fraction of sp³-hybridized carbons (Fsp3) is 0.111. The second kappa shape index (κ2) is 3.53. The van der Waals surface area contributed by atoms with E-state index in [0.29, 0.717) is 15.9 Å². The van der Waals surface area contributed by atoms with Crippen LogP contribution in [0.2, 0.25) is 0 Å². The maximum Gasteiger partial charge on any atom is 0.336 e. The van der Waals surface area contributed by atoms with Crippen LogP contribution in [0.15, 0.2) is 6.07 Å². The van der Waals surface area contributed by atoms with Crippen LogP contribution >= 0.6 is 11.5 Å². The normalized spacial score (nSPS) is 10.6. The van der Waals surface area contributed by atoms with Crippen molar-refractivity contribution in [3.05, 3.63) is 23.0 Å². The molecule has 0 aliphatic carbocycles. The summed E-state index contributed by atoms with van der Waals surface area (Å²) in [6.07, 6.45) is 0. The molecular formula is C9H7N3O3S. The highest BCUT2D eigenvalue weighted by atomic mass is 32.1. The minimum Gasteiger partial charge on any atom is -0.478 e. The number of carboxylic acids is 1. The maximum absolute atomic E-state index is 11.0. The first-order valence-corrected chi connectivity index (χ1v) is 5.08. The molecule has 7 heteroatoms. The summed E-state index contributed by atoms with van der Waals surface area (Å²) in [4.78, 5) is 26.4. The molecular weight excluding hydrogens is 230 g/mol. The van der Waals surface area contributed by atoms with Gasteiger partial charge in [0.15, 0.2) is 0 Å². The number of carbonyl (C=O) groups is 2. The molecule has 1 amide bonds. The highest BCUT2D eigenvalue weighted by Crippen LogP contribution is 2.25. The van der Waals surface area contributed by atoms with Gasteiger partial charge in [-0.1, -0.05) is 0 Å². The van der Waals surface area contributed by atoms with E-state index in [1.54, 1.807) is 6.92 Å². The Kier molecular flexibility index (Phi) is 2.31. The van der Waals surface area contributed by atoms with Crippen molar-refractivity contribution in [3.63, 3.8) is 0 Å². The van der Waals surface area contributed by atoms with E-state index >= 15 is 0 Å². The first kappa shape index (κ1) is 10.5. The number of hydrogen-bond acceptors (Lipinski definition) is 5. The molecule has 0 bridgehead atoms. The standard InChI is InChI=1S/C9H7N3O3S/c1-3-6-4(9(14)15)2-5(7(10)13)11-8(6)16-12-3/h2H,1H3,(H2,10,13)(H,14,15). The molecule has 2 rings (SSSR count).